The van der Waals surface area contributed by atoms with E-state index in [1.807, 2.05) is 30.3 Å². The van der Waals surface area contributed by atoms with E-state index in [1.165, 1.54) is 32.1 Å². The van der Waals surface area contributed by atoms with Crippen molar-refractivity contribution in [2.75, 3.05) is 147 Å². The molecule has 0 aliphatic carbocycles. The van der Waals surface area contributed by atoms with Gasteiger partial charge in [-0.3, -0.25) is 9.59 Å². The number of rotatable bonds is 44. The number of H-pyrrole nitrogens is 2. The summed E-state index contributed by atoms with van der Waals surface area (Å²) in [6, 6.07) is 18.4. The Balaban J connectivity index is 1.43. The van der Waals surface area contributed by atoms with Crippen LogP contribution in [0.5, 0.6) is 23.0 Å². The Morgan fingerprint density at radius 3 is 1.28 bits per heavy atom. The molecule has 2 heterocycles. The Morgan fingerprint density at radius 2 is 0.812 bits per heavy atom. The van der Waals surface area contributed by atoms with E-state index in [1.54, 1.807) is 51.7 Å². The third-order valence-corrected chi connectivity index (χ3v) is 10.4. The molecule has 0 fully saturated rings. The number of hydrogen-bond acceptors (Lipinski definition) is 15. The van der Waals surface area contributed by atoms with Crippen LogP contribution < -0.4 is 18.9 Å². The lowest BCUT2D eigenvalue weighted by Crippen LogP contribution is -2.15. The number of Topliss-reactive ketones (excluding diaryl/α,β-unsaturated/α-hetero) is 2. The Kier molecular flexibility index (Phi) is 29.8. The van der Waals surface area contributed by atoms with Crippen molar-refractivity contribution in [2.45, 2.75) is 51.9 Å². The van der Waals surface area contributed by atoms with E-state index in [0.717, 1.165) is 23.4 Å². The molecule has 0 atom stereocenters. The van der Waals surface area contributed by atoms with Gasteiger partial charge in [-0.15, -0.1) is 0 Å². The lowest BCUT2D eigenvalue weighted by Gasteiger charge is -2.19. The van der Waals surface area contributed by atoms with Gasteiger partial charge in [0, 0.05) is 38.3 Å². The Bertz CT molecular complexity index is 1910. The van der Waals surface area contributed by atoms with Crippen molar-refractivity contribution >= 4 is 11.6 Å². The lowest BCUT2D eigenvalue weighted by atomic mass is 10.1. The number of hydrogen-bond donors (Lipinski definition) is 2. The highest BCUT2D eigenvalue weighted by Gasteiger charge is 2.21. The van der Waals surface area contributed by atoms with Crippen LogP contribution in [0.2, 0.25) is 0 Å². The monoisotopic (exact) mass is 969 g/mol. The van der Waals surface area contributed by atoms with Gasteiger partial charge in [-0.05, 0) is 72.6 Å². The number of unbranched alkanes of at least 4 members (excludes halogenated alkanes) is 5. The minimum Gasteiger partial charge on any atom is -0.494 e. The SMILES string of the molecule is CCCCCCCCOc1ccc(-c2ccc(C(=O)CC(=O)c3ccc(-c4cc(OCCOCCOCCOC)c(OCCOCCOCCOC)c(OCCOCCOCCOC)c4)[nH]3)[nH]2)cc1. The highest BCUT2D eigenvalue weighted by atomic mass is 16.6. The Hall–Kier alpha value is -4.82. The molecule has 2 aromatic carbocycles. The molecule has 0 bridgehead atoms. The molecule has 4 aromatic rings. The summed E-state index contributed by atoms with van der Waals surface area (Å²) < 4.78 is 73.6. The zero-order chi connectivity index (χ0) is 49.0. The van der Waals surface area contributed by atoms with Gasteiger partial charge in [-0.2, -0.15) is 0 Å². The zero-order valence-corrected chi connectivity index (χ0v) is 41.3. The quantitative estimate of drug-likeness (QED) is 0.0246. The van der Waals surface area contributed by atoms with Crippen LogP contribution in [0.25, 0.3) is 22.5 Å². The average Bonchev–Trinajstić information content (AvgIpc) is 4.07. The molecule has 0 amide bonds. The number of methoxy groups -OCH3 is 3. The van der Waals surface area contributed by atoms with Gasteiger partial charge in [0.05, 0.1) is 124 Å². The second-order valence-corrected chi connectivity index (χ2v) is 15.7. The summed E-state index contributed by atoms with van der Waals surface area (Å²) >= 11 is 0. The van der Waals surface area contributed by atoms with Crippen molar-refractivity contribution in [3.8, 4) is 45.5 Å². The summed E-state index contributed by atoms with van der Waals surface area (Å²) in [5.74, 6) is 1.24. The van der Waals surface area contributed by atoms with Crippen molar-refractivity contribution in [1.82, 2.24) is 9.97 Å². The zero-order valence-electron chi connectivity index (χ0n) is 41.3. The molecule has 2 N–H and O–H groups in total. The summed E-state index contributed by atoms with van der Waals surface area (Å²) in [6.45, 7) is 9.65. The second-order valence-electron chi connectivity index (χ2n) is 15.7. The number of carbonyl (C=O) groups is 2. The highest BCUT2D eigenvalue weighted by molar-refractivity contribution is 6.12. The van der Waals surface area contributed by atoms with Crippen molar-refractivity contribution in [3.05, 3.63) is 72.1 Å². The first-order valence-corrected chi connectivity index (χ1v) is 24.1. The summed E-state index contributed by atoms with van der Waals surface area (Å²) in [4.78, 5) is 33.4. The van der Waals surface area contributed by atoms with E-state index < -0.39 is 0 Å². The van der Waals surface area contributed by atoms with Crippen LogP contribution >= 0.6 is 0 Å². The van der Waals surface area contributed by atoms with Crippen LogP contribution in [0.1, 0.15) is 72.8 Å². The van der Waals surface area contributed by atoms with Gasteiger partial charge in [0.15, 0.2) is 23.1 Å². The molecule has 0 saturated carbocycles. The van der Waals surface area contributed by atoms with Gasteiger partial charge >= 0.3 is 0 Å². The van der Waals surface area contributed by atoms with E-state index in [-0.39, 0.29) is 63.3 Å². The Labute approximate surface area is 407 Å². The molecule has 17 nitrogen and oxygen atoms in total. The second kappa shape index (κ2) is 36.2. The summed E-state index contributed by atoms with van der Waals surface area (Å²) in [5, 5.41) is 0. The fraction of sp³-hybridized carbons (Fsp3) is 0.577. The Morgan fingerprint density at radius 1 is 0.406 bits per heavy atom. The van der Waals surface area contributed by atoms with E-state index in [0.29, 0.717) is 120 Å². The first-order valence-electron chi connectivity index (χ1n) is 24.1. The average molecular weight is 969 g/mol. The van der Waals surface area contributed by atoms with Crippen LogP contribution in [-0.4, -0.2) is 168 Å². The fourth-order valence-electron chi connectivity index (χ4n) is 6.70. The molecule has 0 radical (unpaired) electrons. The number of ether oxygens (including phenoxy) is 13. The van der Waals surface area contributed by atoms with Crippen LogP contribution in [0.3, 0.4) is 0 Å². The molecular weight excluding hydrogens is 893 g/mol. The van der Waals surface area contributed by atoms with Gasteiger partial charge in [0.25, 0.3) is 0 Å². The van der Waals surface area contributed by atoms with Crippen molar-refractivity contribution in [3.63, 3.8) is 0 Å². The van der Waals surface area contributed by atoms with Crippen molar-refractivity contribution < 1.29 is 71.2 Å². The number of ketones is 2. The summed E-state index contributed by atoms with van der Waals surface area (Å²) in [6.07, 6.45) is 6.90. The molecule has 384 valence electrons. The van der Waals surface area contributed by atoms with Crippen molar-refractivity contribution in [2.24, 2.45) is 0 Å². The molecule has 17 heteroatoms. The van der Waals surface area contributed by atoms with Gasteiger partial charge in [-0.25, -0.2) is 0 Å². The number of benzene rings is 2. The van der Waals surface area contributed by atoms with E-state index >= 15 is 0 Å². The normalized spacial score (nSPS) is 11.3. The maximum atomic E-state index is 13.6. The van der Waals surface area contributed by atoms with Crippen LogP contribution in [-0.2, 0) is 42.6 Å². The third kappa shape index (κ3) is 23.1. The van der Waals surface area contributed by atoms with Crippen LogP contribution in [0.15, 0.2) is 60.7 Å². The number of carbonyl (C=O) groups excluding carboxylic acids is 2. The first-order chi connectivity index (χ1) is 34.0. The topological polar surface area (TPSA) is 186 Å². The van der Waals surface area contributed by atoms with E-state index in [2.05, 4.69) is 16.9 Å². The molecule has 0 aliphatic rings. The fourth-order valence-corrected chi connectivity index (χ4v) is 6.70. The largest absolute Gasteiger partial charge is 0.494 e. The standard InChI is InChI=1S/C52H76N2O15/c1-5-6-7-8-9-10-19-66-43-13-11-41(12-14-43)44-15-17-46(53-44)48(55)40-49(56)47-18-16-45(54-47)42-38-50(67-35-32-63-29-26-60-23-20-57-2)52(69-37-34-65-31-28-62-25-22-59-4)51(39-42)68-36-33-64-30-27-61-24-21-58-3/h11-18,38-39,53-54H,5-10,19-37,40H2,1-4H3. The predicted molar refractivity (Wildman–Crippen MR) is 262 cm³/mol. The molecule has 2 aromatic heterocycles. The highest BCUT2D eigenvalue weighted by Crippen LogP contribution is 2.42. The third-order valence-electron chi connectivity index (χ3n) is 10.4. The number of nitrogens with one attached hydrogen (secondary N) is 2. The molecule has 4 rings (SSSR count). The molecular formula is C52H76N2O15. The van der Waals surface area contributed by atoms with Crippen LogP contribution in [0, 0.1) is 0 Å². The summed E-state index contributed by atoms with van der Waals surface area (Å²) in [7, 11) is 4.86. The first kappa shape index (κ1) is 56.8. The molecule has 0 saturated heterocycles. The van der Waals surface area contributed by atoms with Gasteiger partial charge in [0.1, 0.15) is 25.6 Å². The van der Waals surface area contributed by atoms with E-state index in [9.17, 15) is 9.59 Å². The molecule has 0 unspecified atom stereocenters. The van der Waals surface area contributed by atoms with Crippen molar-refractivity contribution in [1.29, 1.82) is 0 Å². The maximum Gasteiger partial charge on any atom is 0.203 e. The minimum atomic E-state index is -0.363. The van der Waals surface area contributed by atoms with E-state index in [4.69, 9.17) is 61.6 Å². The van der Waals surface area contributed by atoms with Gasteiger partial charge < -0.3 is 71.5 Å². The molecule has 69 heavy (non-hydrogen) atoms. The van der Waals surface area contributed by atoms with Crippen LogP contribution in [0.4, 0.5) is 0 Å². The minimum absolute atomic E-state index is 0.187. The van der Waals surface area contributed by atoms with Gasteiger partial charge in [0.2, 0.25) is 5.75 Å². The summed E-state index contributed by atoms with van der Waals surface area (Å²) in [5.41, 5.74) is 3.54. The van der Waals surface area contributed by atoms with Gasteiger partial charge in [-0.1, -0.05) is 39.0 Å². The number of aromatic nitrogens is 2. The maximum absolute atomic E-state index is 13.6. The molecule has 0 aliphatic heterocycles. The molecule has 0 spiro atoms. The number of aromatic amines is 2. The predicted octanol–water partition coefficient (Wildman–Crippen LogP) is 8.05. The lowest BCUT2D eigenvalue weighted by molar-refractivity contribution is 0.0146. The smallest absolute Gasteiger partial charge is 0.203 e.